The summed E-state index contributed by atoms with van der Waals surface area (Å²) in [4.78, 5) is 5.28. The maximum absolute atomic E-state index is 12.5. The zero-order valence-electron chi connectivity index (χ0n) is 10.6. The Labute approximate surface area is 104 Å². The molecule has 3 nitrogen and oxygen atoms in total. The first kappa shape index (κ1) is 14.8. The molecule has 1 rings (SSSR count). The van der Waals surface area contributed by atoms with Crippen LogP contribution in [0.15, 0.2) is 12.1 Å². The summed E-state index contributed by atoms with van der Waals surface area (Å²) >= 11 is 0. The van der Waals surface area contributed by atoms with Crippen molar-refractivity contribution in [3.05, 3.63) is 23.4 Å². The topological polar surface area (TPSA) is 36.4 Å². The van der Waals surface area contributed by atoms with Crippen LogP contribution in [0.2, 0.25) is 0 Å². The second-order valence-corrected chi connectivity index (χ2v) is 4.47. The van der Waals surface area contributed by atoms with Gasteiger partial charge >= 0.3 is 6.18 Å². The molecular formula is C12H17F3N2O. The zero-order chi connectivity index (χ0) is 13.9. The summed E-state index contributed by atoms with van der Waals surface area (Å²) in [5, 5.41) is 9.07. The molecule has 1 aromatic rings. The SMILES string of the molecule is Cc1cc(CO)cc(N(CC(F)(F)F)C(C)C)n1. The van der Waals surface area contributed by atoms with Crippen molar-refractivity contribution < 1.29 is 18.3 Å². The van der Waals surface area contributed by atoms with Gasteiger partial charge in [0.2, 0.25) is 0 Å². The molecule has 0 saturated carbocycles. The Hall–Kier alpha value is -1.30. The van der Waals surface area contributed by atoms with Crippen LogP contribution in [0, 0.1) is 6.92 Å². The first-order valence-electron chi connectivity index (χ1n) is 5.64. The zero-order valence-corrected chi connectivity index (χ0v) is 10.6. The van der Waals surface area contributed by atoms with E-state index in [1.165, 1.54) is 11.0 Å². The molecule has 1 aromatic heterocycles. The van der Waals surface area contributed by atoms with Crippen molar-refractivity contribution in [3.8, 4) is 0 Å². The molecule has 0 aromatic carbocycles. The first-order valence-corrected chi connectivity index (χ1v) is 5.64. The van der Waals surface area contributed by atoms with Gasteiger partial charge in [0.15, 0.2) is 0 Å². The molecule has 0 saturated heterocycles. The van der Waals surface area contributed by atoms with Gasteiger partial charge in [-0.05, 0) is 38.5 Å². The molecule has 1 N–H and O–H groups in total. The second kappa shape index (κ2) is 5.56. The smallest absolute Gasteiger partial charge is 0.392 e. The number of hydrogen-bond acceptors (Lipinski definition) is 3. The van der Waals surface area contributed by atoms with Gasteiger partial charge < -0.3 is 10.0 Å². The highest BCUT2D eigenvalue weighted by Gasteiger charge is 2.32. The van der Waals surface area contributed by atoms with E-state index < -0.39 is 12.7 Å². The lowest BCUT2D eigenvalue weighted by Gasteiger charge is -2.29. The van der Waals surface area contributed by atoms with Gasteiger partial charge in [0.25, 0.3) is 0 Å². The average molecular weight is 262 g/mol. The Kier molecular flexibility index (Phi) is 4.56. The lowest BCUT2D eigenvalue weighted by atomic mass is 10.2. The molecule has 0 unspecified atom stereocenters. The number of halogens is 3. The maximum Gasteiger partial charge on any atom is 0.405 e. The molecule has 0 amide bonds. The van der Waals surface area contributed by atoms with Crippen molar-refractivity contribution in [1.82, 2.24) is 4.98 Å². The molecule has 0 bridgehead atoms. The summed E-state index contributed by atoms with van der Waals surface area (Å²) in [5.74, 6) is 0.242. The van der Waals surface area contributed by atoms with Crippen molar-refractivity contribution >= 4 is 5.82 Å². The molecule has 18 heavy (non-hydrogen) atoms. The lowest BCUT2D eigenvalue weighted by Crippen LogP contribution is -2.39. The Morgan fingerprint density at radius 1 is 1.33 bits per heavy atom. The molecule has 0 radical (unpaired) electrons. The number of anilines is 1. The number of nitrogens with zero attached hydrogens (tertiary/aromatic N) is 2. The number of pyridine rings is 1. The summed E-state index contributed by atoms with van der Waals surface area (Å²) < 4.78 is 37.5. The predicted octanol–water partition coefficient (Wildman–Crippen LogP) is 2.66. The highest BCUT2D eigenvalue weighted by molar-refractivity contribution is 5.43. The van der Waals surface area contributed by atoms with E-state index in [1.807, 2.05) is 0 Å². The number of rotatable bonds is 4. The molecule has 0 spiro atoms. The van der Waals surface area contributed by atoms with Crippen LogP contribution in [0.5, 0.6) is 0 Å². The van der Waals surface area contributed by atoms with Crippen molar-refractivity contribution in [2.75, 3.05) is 11.4 Å². The Balaban J connectivity index is 3.09. The molecule has 1 heterocycles. The van der Waals surface area contributed by atoms with Gasteiger partial charge in [-0.15, -0.1) is 0 Å². The van der Waals surface area contributed by atoms with Crippen molar-refractivity contribution in [1.29, 1.82) is 0 Å². The Bertz CT molecular complexity index is 405. The third kappa shape index (κ3) is 4.18. The summed E-state index contributed by atoms with van der Waals surface area (Å²) in [7, 11) is 0. The van der Waals surface area contributed by atoms with Crippen molar-refractivity contribution in [3.63, 3.8) is 0 Å². The van der Waals surface area contributed by atoms with Gasteiger partial charge in [0.1, 0.15) is 12.4 Å². The van der Waals surface area contributed by atoms with Crippen LogP contribution < -0.4 is 4.90 Å². The number of alkyl halides is 3. The third-order valence-electron chi connectivity index (χ3n) is 2.45. The monoisotopic (exact) mass is 262 g/mol. The summed E-state index contributed by atoms with van der Waals surface area (Å²) in [6, 6.07) is 2.81. The van der Waals surface area contributed by atoms with Gasteiger partial charge in [-0.2, -0.15) is 13.2 Å². The molecule has 0 fully saturated rings. The highest BCUT2D eigenvalue weighted by Crippen LogP contribution is 2.24. The fourth-order valence-electron chi connectivity index (χ4n) is 1.68. The maximum atomic E-state index is 12.5. The minimum Gasteiger partial charge on any atom is -0.392 e. The summed E-state index contributed by atoms with van der Waals surface area (Å²) in [6.07, 6.45) is -4.28. The van der Waals surface area contributed by atoms with Gasteiger partial charge in [-0.3, -0.25) is 0 Å². The van der Waals surface area contributed by atoms with Crippen LogP contribution in [0.1, 0.15) is 25.1 Å². The molecule has 0 atom stereocenters. The Morgan fingerprint density at radius 3 is 2.39 bits per heavy atom. The number of aromatic nitrogens is 1. The molecule has 102 valence electrons. The quantitative estimate of drug-likeness (QED) is 0.906. The molecule has 0 aliphatic rings. The van der Waals surface area contributed by atoms with Crippen molar-refractivity contribution in [2.45, 2.75) is 39.6 Å². The van der Waals surface area contributed by atoms with E-state index in [9.17, 15) is 13.2 Å². The van der Waals surface area contributed by atoms with E-state index in [0.29, 0.717) is 11.3 Å². The van der Waals surface area contributed by atoms with Crippen molar-refractivity contribution in [2.24, 2.45) is 0 Å². The van der Waals surface area contributed by atoms with Gasteiger partial charge in [-0.1, -0.05) is 0 Å². The van der Waals surface area contributed by atoms with Crippen LogP contribution in [0.4, 0.5) is 19.0 Å². The number of hydrogen-bond donors (Lipinski definition) is 1. The van der Waals surface area contributed by atoms with Crippen LogP contribution in [0.25, 0.3) is 0 Å². The van der Waals surface area contributed by atoms with E-state index >= 15 is 0 Å². The van der Waals surface area contributed by atoms with Crippen LogP contribution in [-0.2, 0) is 6.61 Å². The van der Waals surface area contributed by atoms with Gasteiger partial charge in [0, 0.05) is 11.7 Å². The fourth-order valence-corrected chi connectivity index (χ4v) is 1.68. The predicted molar refractivity (Wildman–Crippen MR) is 63.4 cm³/mol. The van der Waals surface area contributed by atoms with Crippen LogP contribution in [-0.4, -0.2) is 28.9 Å². The normalized spacial score (nSPS) is 12.0. The van der Waals surface area contributed by atoms with E-state index in [-0.39, 0.29) is 18.5 Å². The summed E-state index contributed by atoms with van der Waals surface area (Å²) in [6.45, 7) is 3.78. The van der Waals surface area contributed by atoms with Gasteiger partial charge in [0.05, 0.1) is 6.61 Å². The number of aryl methyl sites for hydroxylation is 1. The standard InChI is InChI=1S/C12H17F3N2O/c1-8(2)17(7-12(13,14)15)11-5-10(6-18)4-9(3)16-11/h4-5,8,18H,6-7H2,1-3H3. The van der Waals surface area contributed by atoms with E-state index in [0.717, 1.165) is 0 Å². The molecular weight excluding hydrogens is 245 g/mol. The number of aliphatic hydroxyl groups excluding tert-OH is 1. The number of aliphatic hydroxyl groups is 1. The first-order chi connectivity index (χ1) is 8.23. The third-order valence-corrected chi connectivity index (χ3v) is 2.45. The van der Waals surface area contributed by atoms with Crippen LogP contribution >= 0.6 is 0 Å². The lowest BCUT2D eigenvalue weighted by molar-refractivity contribution is -0.120. The van der Waals surface area contributed by atoms with Crippen LogP contribution in [0.3, 0.4) is 0 Å². The molecule has 0 aliphatic heterocycles. The largest absolute Gasteiger partial charge is 0.405 e. The minimum absolute atomic E-state index is 0.214. The van der Waals surface area contributed by atoms with Gasteiger partial charge in [-0.25, -0.2) is 4.98 Å². The summed E-state index contributed by atoms with van der Waals surface area (Å²) in [5.41, 5.74) is 1.15. The fraction of sp³-hybridized carbons (Fsp3) is 0.583. The van der Waals surface area contributed by atoms with E-state index in [4.69, 9.17) is 5.11 Å². The average Bonchev–Trinajstić information content (AvgIpc) is 2.23. The molecule has 0 aliphatic carbocycles. The highest BCUT2D eigenvalue weighted by atomic mass is 19.4. The van der Waals surface area contributed by atoms with E-state index in [2.05, 4.69) is 4.98 Å². The minimum atomic E-state index is -4.28. The van der Waals surface area contributed by atoms with E-state index in [1.54, 1.807) is 26.8 Å². The Morgan fingerprint density at radius 2 is 1.94 bits per heavy atom. The second-order valence-electron chi connectivity index (χ2n) is 4.47. The molecule has 6 heteroatoms.